The maximum absolute atomic E-state index is 12.0. The Hall–Kier alpha value is -2.93. The quantitative estimate of drug-likeness (QED) is 0.724. The van der Waals surface area contributed by atoms with Crippen LogP contribution in [0.1, 0.15) is 37.0 Å². The summed E-state index contributed by atoms with van der Waals surface area (Å²) < 4.78 is 5.23. The molecular formula is C14H11N3O4. The van der Waals surface area contributed by atoms with E-state index < -0.39 is 17.7 Å². The molecule has 0 atom stereocenters. The van der Waals surface area contributed by atoms with Gasteiger partial charge in [0.2, 0.25) is 0 Å². The Bertz CT molecular complexity index is 763. The normalized spacial score (nSPS) is 13.0. The van der Waals surface area contributed by atoms with Crippen molar-refractivity contribution in [2.24, 2.45) is 5.73 Å². The summed E-state index contributed by atoms with van der Waals surface area (Å²) in [5.41, 5.74) is 6.33. The van der Waals surface area contributed by atoms with Gasteiger partial charge in [0, 0.05) is 5.69 Å². The van der Waals surface area contributed by atoms with Crippen LogP contribution in [0.5, 0.6) is 0 Å². The number of imide groups is 1. The number of nitrogens with one attached hydrogen (secondary N) is 2. The van der Waals surface area contributed by atoms with Crippen molar-refractivity contribution in [2.45, 2.75) is 6.54 Å². The lowest BCUT2D eigenvalue weighted by atomic mass is 10.1. The highest BCUT2D eigenvalue weighted by atomic mass is 16.4. The molecule has 0 saturated heterocycles. The van der Waals surface area contributed by atoms with Gasteiger partial charge in [-0.3, -0.25) is 19.7 Å². The second-order valence-electron chi connectivity index (χ2n) is 4.47. The second-order valence-corrected chi connectivity index (χ2v) is 4.47. The molecule has 0 aliphatic carbocycles. The van der Waals surface area contributed by atoms with Crippen LogP contribution in [0.3, 0.4) is 0 Å². The summed E-state index contributed by atoms with van der Waals surface area (Å²) in [5, 5.41) is 4.78. The van der Waals surface area contributed by atoms with Crippen LogP contribution in [0, 0.1) is 0 Å². The van der Waals surface area contributed by atoms with Gasteiger partial charge in [0.25, 0.3) is 17.7 Å². The van der Waals surface area contributed by atoms with Crippen LogP contribution in [0.25, 0.3) is 0 Å². The van der Waals surface area contributed by atoms with E-state index in [4.69, 9.17) is 10.2 Å². The Kier molecular flexibility index (Phi) is 3.03. The molecule has 3 amide bonds. The zero-order chi connectivity index (χ0) is 15.0. The number of rotatable bonds is 3. The Morgan fingerprint density at radius 1 is 1.14 bits per heavy atom. The van der Waals surface area contributed by atoms with Crippen LogP contribution in [0.2, 0.25) is 0 Å². The van der Waals surface area contributed by atoms with Crippen molar-refractivity contribution >= 4 is 23.4 Å². The first-order chi connectivity index (χ1) is 10.1. The number of hydrogen-bond donors (Lipinski definition) is 3. The van der Waals surface area contributed by atoms with Gasteiger partial charge in [-0.2, -0.15) is 0 Å². The van der Waals surface area contributed by atoms with E-state index in [-0.39, 0.29) is 17.9 Å². The molecule has 0 fully saturated rings. The van der Waals surface area contributed by atoms with Crippen LogP contribution in [0.4, 0.5) is 5.69 Å². The van der Waals surface area contributed by atoms with Gasteiger partial charge in [-0.05, 0) is 30.3 Å². The minimum absolute atomic E-state index is 0.122. The van der Waals surface area contributed by atoms with Crippen LogP contribution in [-0.2, 0) is 6.54 Å². The maximum Gasteiger partial charge on any atom is 0.291 e. The average molecular weight is 285 g/mol. The molecule has 2 aromatic rings. The molecule has 4 N–H and O–H groups in total. The van der Waals surface area contributed by atoms with Crippen LogP contribution in [-0.4, -0.2) is 17.7 Å². The summed E-state index contributed by atoms with van der Waals surface area (Å²) in [6.45, 7) is 0.203. The first-order valence-electron chi connectivity index (χ1n) is 6.18. The Morgan fingerprint density at radius 3 is 2.62 bits per heavy atom. The van der Waals surface area contributed by atoms with E-state index in [0.29, 0.717) is 17.0 Å². The van der Waals surface area contributed by atoms with Crippen molar-refractivity contribution in [3.05, 3.63) is 53.0 Å². The zero-order valence-corrected chi connectivity index (χ0v) is 10.8. The fourth-order valence-electron chi connectivity index (χ4n) is 2.05. The summed E-state index contributed by atoms with van der Waals surface area (Å²) in [6, 6.07) is 7.60. The van der Waals surface area contributed by atoms with E-state index >= 15 is 0 Å². The fourth-order valence-corrected chi connectivity index (χ4v) is 2.05. The first-order valence-corrected chi connectivity index (χ1v) is 6.18. The van der Waals surface area contributed by atoms with Crippen molar-refractivity contribution in [2.75, 3.05) is 5.32 Å². The van der Waals surface area contributed by atoms with Crippen LogP contribution < -0.4 is 16.4 Å². The van der Waals surface area contributed by atoms with Crippen LogP contribution >= 0.6 is 0 Å². The van der Waals surface area contributed by atoms with Gasteiger partial charge < -0.3 is 15.5 Å². The molecule has 7 nitrogen and oxygen atoms in total. The van der Waals surface area contributed by atoms with E-state index in [0.717, 1.165) is 0 Å². The molecule has 0 saturated carbocycles. The number of carbonyl (C=O) groups excluding carboxylic acids is 3. The number of amides is 3. The molecule has 0 radical (unpaired) electrons. The molecule has 0 unspecified atom stereocenters. The van der Waals surface area contributed by atoms with Gasteiger partial charge in [-0.1, -0.05) is 0 Å². The summed E-state index contributed by atoms with van der Waals surface area (Å²) in [7, 11) is 0. The Balaban J connectivity index is 1.82. The van der Waals surface area contributed by atoms with Crippen molar-refractivity contribution < 1.29 is 18.8 Å². The summed E-state index contributed by atoms with van der Waals surface area (Å²) in [5.74, 6) is -0.754. The molecule has 1 aromatic heterocycles. The van der Waals surface area contributed by atoms with Crippen LogP contribution in [0.15, 0.2) is 34.7 Å². The lowest BCUT2D eigenvalue weighted by Gasteiger charge is -2.04. The topological polar surface area (TPSA) is 114 Å². The second kappa shape index (κ2) is 4.88. The van der Waals surface area contributed by atoms with Crippen molar-refractivity contribution in [1.82, 2.24) is 5.32 Å². The van der Waals surface area contributed by atoms with Gasteiger partial charge >= 0.3 is 0 Å². The molecule has 7 heteroatoms. The summed E-state index contributed by atoms with van der Waals surface area (Å²) >= 11 is 0. The highest BCUT2D eigenvalue weighted by molar-refractivity contribution is 6.22. The van der Waals surface area contributed by atoms with Gasteiger partial charge in [-0.15, -0.1) is 0 Å². The smallest absolute Gasteiger partial charge is 0.291 e. The predicted octanol–water partition coefficient (Wildman–Crippen LogP) is 0.874. The molecule has 3 rings (SSSR count). The number of anilines is 1. The van der Waals surface area contributed by atoms with Crippen molar-refractivity contribution in [1.29, 1.82) is 0 Å². The Morgan fingerprint density at radius 2 is 1.90 bits per heavy atom. The lowest BCUT2D eigenvalue weighted by Crippen LogP contribution is -2.19. The van der Waals surface area contributed by atoms with Gasteiger partial charge in [-0.25, -0.2) is 0 Å². The predicted molar refractivity (Wildman–Crippen MR) is 72.8 cm³/mol. The van der Waals surface area contributed by atoms with Gasteiger partial charge in [0.15, 0.2) is 5.76 Å². The van der Waals surface area contributed by atoms with E-state index in [1.165, 1.54) is 18.2 Å². The van der Waals surface area contributed by atoms with E-state index in [9.17, 15) is 14.4 Å². The zero-order valence-electron chi connectivity index (χ0n) is 10.8. The number of nitrogens with two attached hydrogens (primary N) is 1. The molecule has 1 aliphatic rings. The van der Waals surface area contributed by atoms with E-state index in [1.54, 1.807) is 12.1 Å². The number of fused-ring (bicyclic) bond motifs is 1. The Labute approximate surface area is 119 Å². The maximum atomic E-state index is 12.0. The molecule has 1 aromatic carbocycles. The lowest BCUT2D eigenvalue weighted by molar-refractivity contribution is 0.0878. The first kappa shape index (κ1) is 13.1. The standard InChI is InChI=1S/C14H11N3O4/c15-6-8-2-4-11(21-8)14(20)16-7-1-3-9-10(5-7)13(19)17-12(9)18/h1-5H,6,15H2,(H,16,20)(H,17,18,19). The third-order valence-corrected chi connectivity index (χ3v) is 3.08. The molecule has 0 spiro atoms. The minimum atomic E-state index is -0.477. The molecule has 0 bridgehead atoms. The molecule has 2 heterocycles. The largest absolute Gasteiger partial charge is 0.455 e. The SMILES string of the molecule is NCc1ccc(C(=O)Nc2ccc3c(c2)C(=O)NC3=O)o1. The van der Waals surface area contributed by atoms with Gasteiger partial charge in [0.1, 0.15) is 5.76 Å². The average Bonchev–Trinajstić information content (AvgIpc) is 3.05. The number of carbonyl (C=O) groups is 3. The third kappa shape index (κ3) is 2.30. The number of benzene rings is 1. The monoisotopic (exact) mass is 285 g/mol. The van der Waals surface area contributed by atoms with E-state index in [1.807, 2.05) is 0 Å². The highest BCUT2D eigenvalue weighted by Crippen LogP contribution is 2.21. The van der Waals surface area contributed by atoms with E-state index in [2.05, 4.69) is 10.6 Å². The van der Waals surface area contributed by atoms with Crippen molar-refractivity contribution in [3.8, 4) is 0 Å². The highest BCUT2D eigenvalue weighted by Gasteiger charge is 2.26. The third-order valence-electron chi connectivity index (χ3n) is 3.08. The fraction of sp³-hybridized carbons (Fsp3) is 0.0714. The minimum Gasteiger partial charge on any atom is -0.455 e. The molecule has 106 valence electrons. The molecular weight excluding hydrogens is 274 g/mol. The van der Waals surface area contributed by atoms with Crippen molar-refractivity contribution in [3.63, 3.8) is 0 Å². The number of hydrogen-bond acceptors (Lipinski definition) is 5. The van der Waals surface area contributed by atoms with Gasteiger partial charge in [0.05, 0.1) is 17.7 Å². The number of furan rings is 1. The molecule has 21 heavy (non-hydrogen) atoms. The summed E-state index contributed by atoms with van der Waals surface area (Å²) in [4.78, 5) is 34.9. The molecule has 1 aliphatic heterocycles. The summed E-state index contributed by atoms with van der Waals surface area (Å²) in [6.07, 6.45) is 0.